The lowest BCUT2D eigenvalue weighted by Gasteiger charge is -2.26. The topological polar surface area (TPSA) is 43.8 Å². The molecule has 126 valence electrons. The number of ether oxygens (including phenoxy) is 3. The van der Waals surface area contributed by atoms with Gasteiger partial charge in [0.15, 0.2) is 0 Å². The Balaban J connectivity index is 2.32. The second-order valence-corrected chi connectivity index (χ2v) is 5.10. The van der Waals surface area contributed by atoms with Crippen LogP contribution in [0.3, 0.4) is 0 Å². The summed E-state index contributed by atoms with van der Waals surface area (Å²) in [6.45, 7) is 8.38. The molecule has 0 fully saturated rings. The summed E-state index contributed by atoms with van der Waals surface area (Å²) in [6.07, 6.45) is 1.82. The van der Waals surface area contributed by atoms with Crippen molar-refractivity contribution in [3.63, 3.8) is 0 Å². The number of rotatable bonds is 10. The SMILES string of the molecule is CCOCCN(CCOCC)c1cc(OC)cc2cccnc12. The fourth-order valence-electron chi connectivity index (χ4n) is 2.50. The number of hydrogen-bond acceptors (Lipinski definition) is 5. The van der Waals surface area contributed by atoms with E-state index in [2.05, 4.69) is 16.0 Å². The quantitative estimate of drug-likeness (QED) is 0.630. The van der Waals surface area contributed by atoms with Crippen LogP contribution in [0.25, 0.3) is 10.9 Å². The monoisotopic (exact) mass is 318 g/mol. The van der Waals surface area contributed by atoms with Crippen LogP contribution in [0.15, 0.2) is 30.5 Å². The summed E-state index contributed by atoms with van der Waals surface area (Å²) < 4.78 is 16.5. The minimum Gasteiger partial charge on any atom is -0.497 e. The summed E-state index contributed by atoms with van der Waals surface area (Å²) in [5, 5.41) is 1.07. The van der Waals surface area contributed by atoms with Crippen molar-refractivity contribution < 1.29 is 14.2 Å². The maximum atomic E-state index is 5.53. The van der Waals surface area contributed by atoms with Crippen molar-refractivity contribution in [2.24, 2.45) is 0 Å². The van der Waals surface area contributed by atoms with E-state index in [1.807, 2.05) is 38.2 Å². The van der Waals surface area contributed by atoms with Crippen molar-refractivity contribution in [3.8, 4) is 5.75 Å². The summed E-state index contributed by atoms with van der Waals surface area (Å²) in [6, 6.07) is 8.04. The lowest BCUT2D eigenvalue weighted by atomic mass is 10.1. The Bertz CT molecular complexity index is 594. The molecule has 0 atom stereocenters. The van der Waals surface area contributed by atoms with E-state index in [1.54, 1.807) is 7.11 Å². The first kappa shape index (κ1) is 17.5. The molecule has 0 saturated heterocycles. The second kappa shape index (κ2) is 9.33. The minimum atomic E-state index is 0.675. The van der Waals surface area contributed by atoms with Crippen molar-refractivity contribution in [2.45, 2.75) is 13.8 Å². The molecule has 1 aromatic heterocycles. The highest BCUT2D eigenvalue weighted by molar-refractivity contribution is 5.92. The Morgan fingerprint density at radius 3 is 2.35 bits per heavy atom. The van der Waals surface area contributed by atoms with E-state index in [4.69, 9.17) is 14.2 Å². The zero-order valence-electron chi connectivity index (χ0n) is 14.2. The number of benzene rings is 1. The zero-order valence-corrected chi connectivity index (χ0v) is 14.2. The van der Waals surface area contributed by atoms with E-state index in [-0.39, 0.29) is 0 Å². The van der Waals surface area contributed by atoms with E-state index in [0.717, 1.165) is 48.6 Å². The Kier molecular flexibility index (Phi) is 7.10. The summed E-state index contributed by atoms with van der Waals surface area (Å²) >= 11 is 0. The molecule has 23 heavy (non-hydrogen) atoms. The Morgan fingerprint density at radius 1 is 1.04 bits per heavy atom. The lowest BCUT2D eigenvalue weighted by molar-refractivity contribution is 0.141. The van der Waals surface area contributed by atoms with E-state index < -0.39 is 0 Å². The fraction of sp³-hybridized carbons (Fsp3) is 0.500. The van der Waals surface area contributed by atoms with E-state index in [9.17, 15) is 0 Å². The van der Waals surface area contributed by atoms with E-state index in [1.165, 1.54) is 0 Å². The van der Waals surface area contributed by atoms with Crippen molar-refractivity contribution in [1.82, 2.24) is 4.98 Å². The highest BCUT2D eigenvalue weighted by Crippen LogP contribution is 2.30. The molecule has 0 aliphatic carbocycles. The molecule has 2 aromatic rings. The molecule has 0 aliphatic rings. The Hall–Kier alpha value is -1.85. The van der Waals surface area contributed by atoms with Gasteiger partial charge in [-0.05, 0) is 26.0 Å². The first-order valence-corrected chi connectivity index (χ1v) is 8.13. The average molecular weight is 318 g/mol. The number of methoxy groups -OCH3 is 1. The molecule has 0 amide bonds. The van der Waals surface area contributed by atoms with E-state index in [0.29, 0.717) is 13.2 Å². The highest BCUT2D eigenvalue weighted by Gasteiger charge is 2.13. The van der Waals surface area contributed by atoms with Gasteiger partial charge in [0.2, 0.25) is 0 Å². The van der Waals surface area contributed by atoms with Gasteiger partial charge < -0.3 is 19.1 Å². The van der Waals surface area contributed by atoms with Gasteiger partial charge in [-0.1, -0.05) is 6.07 Å². The van der Waals surface area contributed by atoms with Crippen molar-refractivity contribution in [2.75, 3.05) is 51.5 Å². The van der Waals surface area contributed by atoms with Gasteiger partial charge in [-0.3, -0.25) is 4.98 Å². The van der Waals surface area contributed by atoms with Crippen LogP contribution < -0.4 is 9.64 Å². The molecule has 0 unspecified atom stereocenters. The molecule has 0 N–H and O–H groups in total. The van der Waals surface area contributed by atoms with Gasteiger partial charge in [-0.2, -0.15) is 0 Å². The van der Waals surface area contributed by atoms with E-state index >= 15 is 0 Å². The molecule has 0 aliphatic heterocycles. The predicted octanol–water partition coefficient (Wildman–Crippen LogP) is 3.12. The summed E-state index contributed by atoms with van der Waals surface area (Å²) in [4.78, 5) is 6.81. The number of aromatic nitrogens is 1. The standard InChI is InChI=1S/C18H26N2O3/c1-4-22-11-9-20(10-12-23-5-2)17-14-16(21-3)13-15-7-6-8-19-18(15)17/h6-8,13-14H,4-5,9-12H2,1-3H3. The molecule has 0 radical (unpaired) electrons. The first-order valence-electron chi connectivity index (χ1n) is 8.13. The van der Waals surface area contributed by atoms with Crippen LogP contribution in [-0.2, 0) is 9.47 Å². The molecule has 0 saturated carbocycles. The maximum Gasteiger partial charge on any atom is 0.121 e. The highest BCUT2D eigenvalue weighted by atomic mass is 16.5. The van der Waals surface area contributed by atoms with Crippen LogP contribution in [0.1, 0.15) is 13.8 Å². The smallest absolute Gasteiger partial charge is 0.121 e. The largest absolute Gasteiger partial charge is 0.497 e. The second-order valence-electron chi connectivity index (χ2n) is 5.10. The molecule has 1 aromatic carbocycles. The fourth-order valence-corrected chi connectivity index (χ4v) is 2.50. The maximum absolute atomic E-state index is 5.53. The molecule has 1 heterocycles. The number of pyridine rings is 1. The number of hydrogen-bond donors (Lipinski definition) is 0. The van der Waals surface area contributed by atoms with Gasteiger partial charge in [0, 0.05) is 44.0 Å². The van der Waals surface area contributed by atoms with Gasteiger partial charge in [0.25, 0.3) is 0 Å². The average Bonchev–Trinajstić information content (AvgIpc) is 2.59. The van der Waals surface area contributed by atoms with Gasteiger partial charge in [0.1, 0.15) is 5.75 Å². The van der Waals surface area contributed by atoms with Crippen LogP contribution in [0, 0.1) is 0 Å². The summed E-state index contributed by atoms with van der Waals surface area (Å²) in [7, 11) is 1.69. The third-order valence-electron chi connectivity index (χ3n) is 3.65. The third-order valence-corrected chi connectivity index (χ3v) is 3.65. The molecule has 2 rings (SSSR count). The number of nitrogens with zero attached hydrogens (tertiary/aromatic N) is 2. The number of fused-ring (bicyclic) bond motifs is 1. The molecule has 5 heteroatoms. The van der Waals surface area contributed by atoms with Crippen molar-refractivity contribution in [1.29, 1.82) is 0 Å². The third kappa shape index (κ3) is 4.81. The summed E-state index contributed by atoms with van der Waals surface area (Å²) in [5.74, 6) is 0.832. The molecule has 0 spiro atoms. The van der Waals surface area contributed by atoms with Gasteiger partial charge in [-0.25, -0.2) is 0 Å². The number of anilines is 1. The van der Waals surface area contributed by atoms with Crippen molar-refractivity contribution in [3.05, 3.63) is 30.5 Å². The van der Waals surface area contributed by atoms with Crippen LogP contribution in [-0.4, -0.2) is 51.6 Å². The molecular formula is C18H26N2O3. The van der Waals surface area contributed by atoms with Crippen LogP contribution in [0.4, 0.5) is 5.69 Å². The van der Waals surface area contributed by atoms with Crippen molar-refractivity contribution >= 4 is 16.6 Å². The minimum absolute atomic E-state index is 0.675. The predicted molar refractivity (Wildman–Crippen MR) is 93.5 cm³/mol. The summed E-state index contributed by atoms with van der Waals surface area (Å²) in [5.41, 5.74) is 2.03. The van der Waals surface area contributed by atoms with Gasteiger partial charge in [-0.15, -0.1) is 0 Å². The molecular weight excluding hydrogens is 292 g/mol. The van der Waals surface area contributed by atoms with Crippen LogP contribution >= 0.6 is 0 Å². The van der Waals surface area contributed by atoms with Crippen LogP contribution in [0.5, 0.6) is 5.75 Å². The first-order chi connectivity index (χ1) is 11.3. The molecule has 0 bridgehead atoms. The van der Waals surface area contributed by atoms with Gasteiger partial charge >= 0.3 is 0 Å². The Morgan fingerprint density at radius 2 is 1.74 bits per heavy atom. The Labute approximate surface area is 138 Å². The lowest BCUT2D eigenvalue weighted by Crippen LogP contribution is -2.31. The van der Waals surface area contributed by atoms with Gasteiger partial charge in [0.05, 0.1) is 31.5 Å². The zero-order chi connectivity index (χ0) is 16.5. The molecule has 5 nitrogen and oxygen atoms in total. The normalized spacial score (nSPS) is 10.9. The van der Waals surface area contributed by atoms with Crippen LogP contribution in [0.2, 0.25) is 0 Å².